The molecule has 0 spiro atoms. The first kappa shape index (κ1) is 13.0. The molecule has 0 radical (unpaired) electrons. The van der Waals surface area contributed by atoms with E-state index >= 15 is 0 Å². The van der Waals surface area contributed by atoms with E-state index in [-0.39, 0.29) is 0 Å². The van der Waals surface area contributed by atoms with E-state index in [4.69, 9.17) is 5.26 Å². The number of aromatic nitrogens is 2. The molecule has 1 aromatic heterocycles. The predicted molar refractivity (Wildman–Crippen MR) is 75.3 cm³/mol. The molecule has 2 rings (SSSR count). The maximum Gasteiger partial charge on any atom is 0.146 e. The molecule has 0 saturated carbocycles. The molecular weight excluding hydrogens is 236 g/mol. The summed E-state index contributed by atoms with van der Waals surface area (Å²) in [6.45, 7) is 6.10. The summed E-state index contributed by atoms with van der Waals surface area (Å²) in [4.78, 5) is 8.28. The maximum atomic E-state index is 8.88. The largest absolute Gasteiger partial charge is 0.340 e. The highest BCUT2D eigenvalue weighted by molar-refractivity contribution is 5.57. The van der Waals surface area contributed by atoms with Crippen molar-refractivity contribution < 1.29 is 0 Å². The summed E-state index contributed by atoms with van der Waals surface area (Å²) in [5.74, 6) is 1.74. The quantitative estimate of drug-likeness (QED) is 0.907. The van der Waals surface area contributed by atoms with E-state index in [1.54, 1.807) is 13.0 Å². The first-order valence-corrected chi connectivity index (χ1v) is 6.21. The lowest BCUT2D eigenvalue weighted by Crippen LogP contribution is -1.99. The van der Waals surface area contributed by atoms with Crippen molar-refractivity contribution in [3.63, 3.8) is 0 Å². The van der Waals surface area contributed by atoms with Crippen LogP contribution in [0.25, 0.3) is 0 Å². The lowest BCUT2D eigenvalue weighted by molar-refractivity contribution is 0.867. The molecule has 4 heteroatoms. The molecule has 0 saturated heterocycles. The lowest BCUT2D eigenvalue weighted by atomic mass is 10.0. The zero-order valence-electron chi connectivity index (χ0n) is 11.3. The van der Waals surface area contributed by atoms with Gasteiger partial charge in [0, 0.05) is 11.8 Å². The smallest absolute Gasteiger partial charge is 0.146 e. The van der Waals surface area contributed by atoms with Crippen molar-refractivity contribution in [2.75, 3.05) is 5.32 Å². The van der Waals surface area contributed by atoms with Crippen LogP contribution >= 0.6 is 0 Å². The molecule has 0 bridgehead atoms. The van der Waals surface area contributed by atoms with Gasteiger partial charge in [0.05, 0.1) is 0 Å². The van der Waals surface area contributed by atoms with Crippen LogP contribution < -0.4 is 5.32 Å². The highest BCUT2D eigenvalue weighted by Crippen LogP contribution is 2.19. The van der Waals surface area contributed by atoms with Gasteiger partial charge in [0.1, 0.15) is 23.4 Å². The molecule has 0 atom stereocenters. The first-order chi connectivity index (χ1) is 9.08. The monoisotopic (exact) mass is 252 g/mol. The summed E-state index contributed by atoms with van der Waals surface area (Å²) in [6.07, 6.45) is 0. The number of hydrogen-bond donors (Lipinski definition) is 1. The molecule has 1 N–H and O–H groups in total. The van der Waals surface area contributed by atoms with Crippen molar-refractivity contribution in [1.82, 2.24) is 9.97 Å². The van der Waals surface area contributed by atoms with Crippen molar-refractivity contribution in [2.45, 2.75) is 26.7 Å². The molecule has 0 aliphatic carbocycles. The summed E-state index contributed by atoms with van der Waals surface area (Å²) in [5.41, 5.74) is 2.61. The molecule has 0 fully saturated rings. The van der Waals surface area contributed by atoms with Crippen LogP contribution in [0.4, 0.5) is 11.5 Å². The third-order valence-corrected chi connectivity index (χ3v) is 2.80. The second kappa shape index (κ2) is 5.49. The summed E-state index contributed by atoms with van der Waals surface area (Å²) in [7, 11) is 0. The van der Waals surface area contributed by atoms with Gasteiger partial charge < -0.3 is 5.32 Å². The summed E-state index contributed by atoms with van der Waals surface area (Å²) >= 11 is 0. The number of rotatable bonds is 3. The number of nitriles is 1. The van der Waals surface area contributed by atoms with Crippen molar-refractivity contribution in [3.8, 4) is 6.07 Å². The van der Waals surface area contributed by atoms with Crippen LogP contribution in [0.15, 0.2) is 30.3 Å². The van der Waals surface area contributed by atoms with Gasteiger partial charge in [-0.05, 0) is 30.5 Å². The van der Waals surface area contributed by atoms with Gasteiger partial charge in [-0.1, -0.05) is 26.0 Å². The Balaban J connectivity index is 2.21. The summed E-state index contributed by atoms with van der Waals surface area (Å²) in [6, 6.07) is 11.9. The minimum Gasteiger partial charge on any atom is -0.340 e. The Labute approximate surface area is 113 Å². The van der Waals surface area contributed by atoms with E-state index in [0.29, 0.717) is 23.3 Å². The van der Waals surface area contributed by atoms with Gasteiger partial charge in [-0.3, -0.25) is 0 Å². The van der Waals surface area contributed by atoms with Crippen molar-refractivity contribution in [1.29, 1.82) is 5.26 Å². The Morgan fingerprint density at radius 1 is 1.16 bits per heavy atom. The molecular formula is C15H16N4. The molecule has 2 aromatic rings. The maximum absolute atomic E-state index is 8.88. The van der Waals surface area contributed by atoms with E-state index in [2.05, 4.69) is 41.3 Å². The zero-order valence-corrected chi connectivity index (χ0v) is 11.3. The number of nitrogens with zero attached hydrogens (tertiary/aromatic N) is 3. The average molecular weight is 252 g/mol. The molecule has 0 aliphatic heterocycles. The van der Waals surface area contributed by atoms with Crippen LogP contribution in [0.2, 0.25) is 0 Å². The normalized spacial score (nSPS) is 10.3. The van der Waals surface area contributed by atoms with Gasteiger partial charge in [-0.15, -0.1) is 0 Å². The van der Waals surface area contributed by atoms with Crippen molar-refractivity contribution >= 4 is 11.5 Å². The highest BCUT2D eigenvalue weighted by Gasteiger charge is 2.03. The summed E-state index contributed by atoms with van der Waals surface area (Å²) in [5, 5.41) is 12.1. The fourth-order valence-electron chi connectivity index (χ4n) is 1.79. The Morgan fingerprint density at radius 3 is 2.42 bits per heavy atom. The number of aryl methyl sites for hydroxylation is 1. The number of hydrogen-bond acceptors (Lipinski definition) is 4. The van der Waals surface area contributed by atoms with Crippen LogP contribution in [-0.4, -0.2) is 9.97 Å². The minimum absolute atomic E-state index is 0.369. The Hall–Kier alpha value is -2.41. The number of benzene rings is 1. The topological polar surface area (TPSA) is 61.6 Å². The second-order valence-electron chi connectivity index (χ2n) is 4.70. The van der Waals surface area contributed by atoms with Crippen LogP contribution in [0.3, 0.4) is 0 Å². The second-order valence-corrected chi connectivity index (χ2v) is 4.70. The third-order valence-electron chi connectivity index (χ3n) is 2.80. The Kier molecular flexibility index (Phi) is 3.76. The van der Waals surface area contributed by atoms with E-state index in [1.807, 2.05) is 18.2 Å². The Bertz CT molecular complexity index is 609. The van der Waals surface area contributed by atoms with Crippen LogP contribution in [-0.2, 0) is 0 Å². The molecule has 0 unspecified atom stereocenters. The minimum atomic E-state index is 0.369. The van der Waals surface area contributed by atoms with Crippen molar-refractivity contribution in [2.24, 2.45) is 0 Å². The molecule has 1 heterocycles. The van der Waals surface area contributed by atoms with E-state index in [9.17, 15) is 0 Å². The third kappa shape index (κ3) is 3.29. The van der Waals surface area contributed by atoms with Gasteiger partial charge >= 0.3 is 0 Å². The van der Waals surface area contributed by atoms with Crippen molar-refractivity contribution in [3.05, 3.63) is 47.4 Å². The lowest BCUT2D eigenvalue weighted by Gasteiger charge is -2.09. The van der Waals surface area contributed by atoms with Crippen LogP contribution in [0.5, 0.6) is 0 Å². The van der Waals surface area contributed by atoms with Gasteiger partial charge in [0.25, 0.3) is 0 Å². The first-order valence-electron chi connectivity index (χ1n) is 6.21. The molecule has 1 aromatic carbocycles. The number of nitrogens with one attached hydrogen (secondary N) is 1. The molecule has 96 valence electrons. The molecule has 0 amide bonds. The number of anilines is 2. The fourth-order valence-corrected chi connectivity index (χ4v) is 1.79. The van der Waals surface area contributed by atoms with E-state index in [0.717, 1.165) is 5.69 Å². The Morgan fingerprint density at radius 2 is 1.84 bits per heavy atom. The van der Waals surface area contributed by atoms with E-state index in [1.165, 1.54) is 5.56 Å². The van der Waals surface area contributed by atoms with Crippen LogP contribution in [0.1, 0.15) is 36.8 Å². The SMILES string of the molecule is Cc1nc(C#N)cc(Nc2ccc(C(C)C)cc2)n1. The van der Waals surface area contributed by atoms with Gasteiger partial charge in [0.2, 0.25) is 0 Å². The molecule has 4 nitrogen and oxygen atoms in total. The van der Waals surface area contributed by atoms with Gasteiger partial charge in [0.15, 0.2) is 0 Å². The predicted octanol–water partition coefficient (Wildman–Crippen LogP) is 3.52. The zero-order chi connectivity index (χ0) is 13.8. The highest BCUT2D eigenvalue weighted by atomic mass is 15.0. The molecule has 19 heavy (non-hydrogen) atoms. The van der Waals surface area contributed by atoms with Gasteiger partial charge in [-0.25, -0.2) is 9.97 Å². The average Bonchev–Trinajstić information content (AvgIpc) is 2.38. The fraction of sp³-hybridized carbons (Fsp3) is 0.267. The summed E-state index contributed by atoms with van der Waals surface area (Å²) < 4.78 is 0. The van der Waals surface area contributed by atoms with Crippen LogP contribution in [0, 0.1) is 18.3 Å². The standard InChI is InChI=1S/C15H16N4/c1-10(2)12-4-6-13(7-5-12)19-15-8-14(9-16)17-11(3)18-15/h4-8,10H,1-3H3,(H,17,18,19). The van der Waals surface area contributed by atoms with Gasteiger partial charge in [-0.2, -0.15) is 5.26 Å². The van der Waals surface area contributed by atoms with E-state index < -0.39 is 0 Å². The molecule has 0 aliphatic rings.